The van der Waals surface area contributed by atoms with Gasteiger partial charge in [0.2, 0.25) is 0 Å². The molecule has 0 aliphatic carbocycles. The molecule has 2 amide bonds. The van der Waals surface area contributed by atoms with Crippen LogP contribution in [0.25, 0.3) is 27.7 Å². The molecule has 0 radical (unpaired) electrons. The standard InChI is InChI=1S/C23H16F3N2O3PS/c1-4-28-22(29)12(9(2)13(8-27)23(28)30)5-11-6-14-16(33-11)7-15(31-14)17-18(24)10(3)21(32)20(26)19(17)25/h5-7H,4,32H2,1-3H3/b12-5-. The van der Waals surface area contributed by atoms with Gasteiger partial charge < -0.3 is 4.42 Å². The van der Waals surface area contributed by atoms with Gasteiger partial charge in [0, 0.05) is 28.4 Å². The Labute approximate surface area is 193 Å². The lowest BCUT2D eigenvalue weighted by molar-refractivity contribution is -0.140. The van der Waals surface area contributed by atoms with Crippen molar-refractivity contribution in [3.05, 3.63) is 56.7 Å². The molecule has 1 aliphatic heterocycles. The minimum atomic E-state index is -1.34. The van der Waals surface area contributed by atoms with E-state index in [4.69, 9.17) is 4.42 Å². The Morgan fingerprint density at radius 1 is 1.15 bits per heavy atom. The first-order valence-electron chi connectivity index (χ1n) is 9.76. The van der Waals surface area contributed by atoms with Crippen LogP contribution in [0, 0.1) is 35.7 Å². The number of furan rings is 1. The number of fused-ring (bicyclic) bond motifs is 1. The molecule has 3 heterocycles. The van der Waals surface area contributed by atoms with E-state index in [9.17, 15) is 28.0 Å². The number of likely N-dealkylation sites (N-methyl/N-ethyl adjacent to an activating group) is 1. The molecule has 4 rings (SSSR count). The van der Waals surface area contributed by atoms with Crippen LogP contribution < -0.4 is 5.30 Å². The lowest BCUT2D eigenvalue weighted by Crippen LogP contribution is -2.42. The van der Waals surface area contributed by atoms with Crippen molar-refractivity contribution >= 4 is 54.1 Å². The molecule has 1 aliphatic rings. The minimum Gasteiger partial charge on any atom is -0.455 e. The molecule has 33 heavy (non-hydrogen) atoms. The lowest BCUT2D eigenvalue weighted by Gasteiger charge is -2.26. The normalized spacial score (nSPS) is 15.8. The molecule has 0 fully saturated rings. The molecule has 0 saturated heterocycles. The monoisotopic (exact) mass is 488 g/mol. The number of rotatable bonds is 3. The molecule has 1 atom stereocenters. The highest BCUT2D eigenvalue weighted by atomic mass is 32.1. The van der Waals surface area contributed by atoms with Crippen molar-refractivity contribution in [3.8, 4) is 17.4 Å². The molecule has 5 nitrogen and oxygen atoms in total. The van der Waals surface area contributed by atoms with Crippen molar-refractivity contribution in [2.24, 2.45) is 0 Å². The first-order chi connectivity index (χ1) is 15.6. The number of hydrogen-bond donors (Lipinski definition) is 0. The molecule has 3 aromatic rings. The minimum absolute atomic E-state index is 0.0412. The molecular weight excluding hydrogens is 472 g/mol. The highest BCUT2D eigenvalue weighted by molar-refractivity contribution is 7.27. The van der Waals surface area contributed by atoms with Gasteiger partial charge in [0.1, 0.15) is 28.8 Å². The lowest BCUT2D eigenvalue weighted by atomic mass is 9.95. The van der Waals surface area contributed by atoms with Gasteiger partial charge in [-0.15, -0.1) is 20.6 Å². The van der Waals surface area contributed by atoms with Crippen LogP contribution in [0.15, 0.2) is 33.3 Å². The van der Waals surface area contributed by atoms with Gasteiger partial charge in [-0.2, -0.15) is 5.26 Å². The average Bonchev–Trinajstić information content (AvgIpc) is 3.33. The summed E-state index contributed by atoms with van der Waals surface area (Å²) in [5.41, 5.74) is 0.0315. The fourth-order valence-corrected chi connectivity index (χ4v) is 4.84. The Kier molecular flexibility index (Phi) is 5.77. The molecule has 168 valence electrons. The van der Waals surface area contributed by atoms with E-state index >= 15 is 0 Å². The van der Waals surface area contributed by atoms with Gasteiger partial charge in [-0.1, -0.05) is 0 Å². The molecule has 1 aromatic carbocycles. The predicted molar refractivity (Wildman–Crippen MR) is 122 cm³/mol. The number of halogens is 3. The molecule has 1 unspecified atom stereocenters. The van der Waals surface area contributed by atoms with E-state index in [1.807, 2.05) is 15.3 Å². The van der Waals surface area contributed by atoms with Crippen molar-refractivity contribution in [3.63, 3.8) is 0 Å². The van der Waals surface area contributed by atoms with E-state index in [0.717, 1.165) is 4.90 Å². The third-order valence-corrected chi connectivity index (χ3v) is 7.20. The number of carbonyl (C=O) groups is 2. The first kappa shape index (κ1) is 23.0. The van der Waals surface area contributed by atoms with Gasteiger partial charge in [0.25, 0.3) is 11.8 Å². The smallest absolute Gasteiger partial charge is 0.271 e. The van der Waals surface area contributed by atoms with E-state index in [1.165, 1.54) is 37.3 Å². The number of nitriles is 1. The van der Waals surface area contributed by atoms with Gasteiger partial charge in [-0.3, -0.25) is 14.5 Å². The number of amides is 2. The molecular formula is C23H16F3N2O3PS. The van der Waals surface area contributed by atoms with Gasteiger partial charge in [0.05, 0.1) is 10.3 Å². The zero-order valence-corrected chi connectivity index (χ0v) is 19.6. The fourth-order valence-electron chi connectivity index (χ4n) is 3.62. The van der Waals surface area contributed by atoms with Gasteiger partial charge in [-0.25, -0.2) is 13.2 Å². The van der Waals surface area contributed by atoms with Crippen LogP contribution in [0.2, 0.25) is 0 Å². The fraction of sp³-hybridized carbons (Fsp3) is 0.174. The quantitative estimate of drug-likeness (QED) is 0.225. The van der Waals surface area contributed by atoms with Crippen molar-refractivity contribution in [2.75, 3.05) is 6.54 Å². The van der Waals surface area contributed by atoms with Crippen LogP contribution in [0.3, 0.4) is 0 Å². The molecule has 2 aromatic heterocycles. The van der Waals surface area contributed by atoms with E-state index < -0.39 is 34.8 Å². The Hall–Kier alpha value is -3.21. The van der Waals surface area contributed by atoms with Gasteiger partial charge in [-0.05, 0) is 44.1 Å². The number of nitrogens with zero attached hydrogens (tertiary/aromatic N) is 2. The maximum Gasteiger partial charge on any atom is 0.271 e. The van der Waals surface area contributed by atoms with E-state index in [1.54, 1.807) is 13.0 Å². The van der Waals surface area contributed by atoms with Gasteiger partial charge >= 0.3 is 0 Å². The highest BCUT2D eigenvalue weighted by Crippen LogP contribution is 2.38. The third-order valence-electron chi connectivity index (χ3n) is 5.50. The second-order valence-electron chi connectivity index (χ2n) is 7.37. The summed E-state index contributed by atoms with van der Waals surface area (Å²) < 4.78 is 49.4. The SMILES string of the molecule is CCN1C(=O)C(C#N)=C(C)/C(=C/c2cc3oc(-c4c(F)c(C)c(P)c(F)c4F)cc3s2)C1=O. The summed E-state index contributed by atoms with van der Waals surface area (Å²) in [4.78, 5) is 26.6. The molecule has 0 saturated carbocycles. The number of imide groups is 1. The average molecular weight is 488 g/mol. The summed E-state index contributed by atoms with van der Waals surface area (Å²) in [5, 5.41) is 9.15. The summed E-state index contributed by atoms with van der Waals surface area (Å²) in [5.74, 6) is -4.72. The van der Waals surface area contributed by atoms with E-state index in [2.05, 4.69) is 0 Å². The van der Waals surface area contributed by atoms with E-state index in [0.29, 0.717) is 15.2 Å². The van der Waals surface area contributed by atoms with Crippen LogP contribution in [-0.2, 0) is 9.59 Å². The Morgan fingerprint density at radius 2 is 1.85 bits per heavy atom. The topological polar surface area (TPSA) is 74.3 Å². The Morgan fingerprint density at radius 3 is 2.45 bits per heavy atom. The number of carbonyl (C=O) groups excluding carboxylic acids is 2. The van der Waals surface area contributed by atoms with Crippen molar-refractivity contribution in [1.29, 1.82) is 5.26 Å². The van der Waals surface area contributed by atoms with Crippen LogP contribution in [0.4, 0.5) is 13.2 Å². The van der Waals surface area contributed by atoms with Crippen molar-refractivity contribution in [1.82, 2.24) is 4.90 Å². The zero-order chi connectivity index (χ0) is 24.2. The molecule has 0 N–H and O–H groups in total. The first-order valence-corrected chi connectivity index (χ1v) is 11.2. The third kappa shape index (κ3) is 3.50. The van der Waals surface area contributed by atoms with Gasteiger partial charge in [0.15, 0.2) is 11.6 Å². The second-order valence-corrected chi connectivity index (χ2v) is 9.06. The summed E-state index contributed by atoms with van der Waals surface area (Å²) in [6.07, 6.45) is 1.54. The summed E-state index contributed by atoms with van der Waals surface area (Å²) in [6.45, 7) is 4.62. The van der Waals surface area contributed by atoms with Crippen LogP contribution >= 0.6 is 20.6 Å². The zero-order valence-electron chi connectivity index (χ0n) is 17.7. The van der Waals surface area contributed by atoms with Crippen LogP contribution in [0.1, 0.15) is 24.3 Å². The van der Waals surface area contributed by atoms with Crippen molar-refractivity contribution < 1.29 is 27.2 Å². The molecule has 10 heteroatoms. The van der Waals surface area contributed by atoms with Crippen molar-refractivity contribution in [2.45, 2.75) is 20.8 Å². The second kappa shape index (κ2) is 8.29. The Bertz CT molecular complexity index is 1420. The molecule has 0 spiro atoms. The Balaban J connectivity index is 1.80. The number of benzene rings is 1. The summed E-state index contributed by atoms with van der Waals surface area (Å²) in [7, 11) is 1.98. The maximum absolute atomic E-state index is 14.7. The largest absolute Gasteiger partial charge is 0.455 e. The maximum atomic E-state index is 14.7. The summed E-state index contributed by atoms with van der Waals surface area (Å²) >= 11 is 1.18. The summed E-state index contributed by atoms with van der Waals surface area (Å²) in [6, 6.07) is 4.82. The predicted octanol–water partition coefficient (Wildman–Crippen LogP) is 5.00. The van der Waals surface area contributed by atoms with Crippen LogP contribution in [0.5, 0.6) is 0 Å². The highest BCUT2D eigenvalue weighted by Gasteiger charge is 2.34. The van der Waals surface area contributed by atoms with Crippen LogP contribution in [-0.4, -0.2) is 23.3 Å². The molecule has 0 bridgehead atoms. The number of thiophene rings is 1. The van der Waals surface area contributed by atoms with E-state index in [-0.39, 0.29) is 39.9 Å². The number of hydrogen-bond acceptors (Lipinski definition) is 5.